The number of fused-ring (bicyclic) bond motifs is 1. The van der Waals surface area contributed by atoms with Crippen LogP contribution < -0.4 is 5.63 Å². The summed E-state index contributed by atoms with van der Waals surface area (Å²) in [5.74, 6) is 0. The summed E-state index contributed by atoms with van der Waals surface area (Å²) in [5.41, 5.74) is 2.46. The largest absolute Gasteiger partial charge is 0.423 e. The third-order valence-electron chi connectivity index (χ3n) is 2.82. The highest BCUT2D eigenvalue weighted by atomic mass is 16.4. The fourth-order valence-electron chi connectivity index (χ4n) is 1.99. The summed E-state index contributed by atoms with van der Waals surface area (Å²) >= 11 is 0. The van der Waals surface area contributed by atoms with Crippen LogP contribution in [0.3, 0.4) is 0 Å². The van der Waals surface area contributed by atoms with Crippen LogP contribution >= 0.6 is 0 Å². The zero-order valence-electron chi connectivity index (χ0n) is 9.38. The van der Waals surface area contributed by atoms with Crippen molar-refractivity contribution in [2.45, 2.75) is 6.92 Å². The van der Waals surface area contributed by atoms with Crippen molar-refractivity contribution in [2.75, 3.05) is 0 Å². The summed E-state index contributed by atoms with van der Waals surface area (Å²) in [6, 6.07) is 11.1. The number of nitrogens with zero attached hydrogens (tertiary/aromatic N) is 1. The molecule has 3 nitrogen and oxygen atoms in total. The lowest BCUT2D eigenvalue weighted by Gasteiger charge is -2.08. The summed E-state index contributed by atoms with van der Waals surface area (Å²) in [5, 5.41) is 0.943. The maximum Gasteiger partial charge on any atom is 0.336 e. The molecule has 2 aromatic heterocycles. The molecule has 17 heavy (non-hydrogen) atoms. The van der Waals surface area contributed by atoms with Gasteiger partial charge in [-0.1, -0.05) is 0 Å². The lowest BCUT2D eigenvalue weighted by molar-refractivity contribution is 0.560. The minimum absolute atomic E-state index is 0.320. The van der Waals surface area contributed by atoms with Gasteiger partial charge in [-0.05, 0) is 36.8 Å². The number of hydrogen-bond acceptors (Lipinski definition) is 2. The second-order valence-electron chi connectivity index (χ2n) is 4.02. The maximum absolute atomic E-state index is 11.2. The zero-order valence-corrected chi connectivity index (χ0v) is 9.38. The lowest BCUT2D eigenvalue weighted by atomic mass is 10.1. The van der Waals surface area contributed by atoms with Gasteiger partial charge >= 0.3 is 5.63 Å². The van der Waals surface area contributed by atoms with E-state index in [1.807, 2.05) is 48.1 Å². The second-order valence-corrected chi connectivity index (χ2v) is 4.02. The van der Waals surface area contributed by atoms with E-state index in [1.54, 1.807) is 6.07 Å². The number of hydrogen-bond donors (Lipinski definition) is 0. The fraction of sp³-hybridized carbons (Fsp3) is 0.0714. The number of aromatic nitrogens is 1. The van der Waals surface area contributed by atoms with E-state index < -0.39 is 0 Å². The van der Waals surface area contributed by atoms with Gasteiger partial charge in [-0.3, -0.25) is 0 Å². The van der Waals surface area contributed by atoms with Gasteiger partial charge in [-0.15, -0.1) is 0 Å². The predicted molar refractivity (Wildman–Crippen MR) is 66.5 cm³/mol. The van der Waals surface area contributed by atoms with Gasteiger partial charge in [-0.2, -0.15) is 0 Å². The SMILES string of the molecule is Cc1cc2ccc(=O)oc2cc1-n1cccc1. The van der Waals surface area contributed by atoms with Gasteiger partial charge < -0.3 is 8.98 Å². The van der Waals surface area contributed by atoms with Crippen LogP contribution in [0, 0.1) is 6.92 Å². The molecule has 0 aliphatic heterocycles. The van der Waals surface area contributed by atoms with E-state index in [9.17, 15) is 4.79 Å². The van der Waals surface area contributed by atoms with Crippen LogP contribution in [0.25, 0.3) is 16.7 Å². The summed E-state index contributed by atoms with van der Waals surface area (Å²) in [4.78, 5) is 11.2. The summed E-state index contributed by atoms with van der Waals surface area (Å²) in [6.07, 6.45) is 3.93. The Hall–Kier alpha value is -2.29. The Morgan fingerprint density at radius 2 is 1.88 bits per heavy atom. The first-order chi connectivity index (χ1) is 8.24. The molecule has 3 rings (SSSR count). The minimum Gasteiger partial charge on any atom is -0.423 e. The molecule has 0 N–H and O–H groups in total. The van der Waals surface area contributed by atoms with Gasteiger partial charge in [0.05, 0.1) is 5.69 Å². The van der Waals surface area contributed by atoms with Crippen LogP contribution in [-0.4, -0.2) is 4.57 Å². The Bertz CT molecular complexity index is 724. The van der Waals surface area contributed by atoms with Gasteiger partial charge in [-0.25, -0.2) is 4.79 Å². The van der Waals surface area contributed by atoms with E-state index in [-0.39, 0.29) is 5.63 Å². The van der Waals surface area contributed by atoms with Crippen molar-refractivity contribution < 1.29 is 4.42 Å². The molecule has 0 atom stereocenters. The molecule has 0 amide bonds. The van der Waals surface area contributed by atoms with Crippen molar-refractivity contribution in [3.8, 4) is 5.69 Å². The van der Waals surface area contributed by atoms with E-state index in [2.05, 4.69) is 0 Å². The molecule has 84 valence electrons. The van der Waals surface area contributed by atoms with Crippen LogP contribution in [0.2, 0.25) is 0 Å². The lowest BCUT2D eigenvalue weighted by Crippen LogP contribution is -1.97. The van der Waals surface area contributed by atoms with Crippen molar-refractivity contribution in [3.05, 3.63) is 64.8 Å². The Kier molecular flexibility index (Phi) is 2.11. The van der Waals surface area contributed by atoms with Gasteiger partial charge in [0.15, 0.2) is 0 Å². The molecule has 2 heterocycles. The van der Waals surface area contributed by atoms with E-state index in [0.717, 1.165) is 16.6 Å². The first-order valence-corrected chi connectivity index (χ1v) is 5.42. The molecule has 0 radical (unpaired) electrons. The molecule has 3 heteroatoms. The minimum atomic E-state index is -0.320. The van der Waals surface area contributed by atoms with E-state index in [0.29, 0.717) is 5.58 Å². The molecule has 0 aliphatic carbocycles. The van der Waals surface area contributed by atoms with Gasteiger partial charge in [0.25, 0.3) is 0 Å². The molecule has 0 saturated heterocycles. The predicted octanol–water partition coefficient (Wildman–Crippen LogP) is 2.89. The molecule has 3 aromatic rings. The van der Waals surface area contributed by atoms with Crippen LogP contribution in [0.1, 0.15) is 5.56 Å². The van der Waals surface area contributed by atoms with Crippen LogP contribution in [0.15, 0.2) is 58.0 Å². The van der Waals surface area contributed by atoms with E-state index in [4.69, 9.17) is 4.42 Å². The first kappa shape index (κ1) is 9.90. The van der Waals surface area contributed by atoms with Crippen molar-refractivity contribution in [3.63, 3.8) is 0 Å². The Balaban J connectivity index is 2.33. The Morgan fingerprint density at radius 3 is 2.65 bits per heavy atom. The van der Waals surface area contributed by atoms with Crippen LogP contribution in [0.5, 0.6) is 0 Å². The maximum atomic E-state index is 11.2. The van der Waals surface area contributed by atoms with Gasteiger partial charge in [0, 0.05) is 29.9 Å². The zero-order chi connectivity index (χ0) is 11.8. The molecule has 0 saturated carbocycles. The normalized spacial score (nSPS) is 10.9. The Morgan fingerprint density at radius 1 is 1.12 bits per heavy atom. The third kappa shape index (κ3) is 1.65. The van der Waals surface area contributed by atoms with Crippen LogP contribution in [-0.2, 0) is 0 Å². The summed E-state index contributed by atoms with van der Waals surface area (Å²) in [6.45, 7) is 2.04. The second kappa shape index (κ2) is 3.63. The van der Waals surface area contributed by atoms with Gasteiger partial charge in [0.2, 0.25) is 0 Å². The molecule has 0 aliphatic rings. The van der Waals surface area contributed by atoms with Crippen LogP contribution in [0.4, 0.5) is 0 Å². The molecule has 1 aromatic carbocycles. The van der Waals surface area contributed by atoms with Gasteiger partial charge in [0.1, 0.15) is 5.58 Å². The van der Waals surface area contributed by atoms with Crippen molar-refractivity contribution in [1.29, 1.82) is 0 Å². The molecular formula is C14H11NO2. The van der Waals surface area contributed by atoms with E-state index in [1.165, 1.54) is 6.07 Å². The molecule has 0 unspecified atom stereocenters. The third-order valence-corrected chi connectivity index (χ3v) is 2.82. The smallest absolute Gasteiger partial charge is 0.336 e. The average Bonchev–Trinajstić information content (AvgIpc) is 2.82. The highest BCUT2D eigenvalue weighted by molar-refractivity contribution is 5.80. The quantitative estimate of drug-likeness (QED) is 0.597. The molecule has 0 fully saturated rings. The van der Waals surface area contributed by atoms with E-state index >= 15 is 0 Å². The Labute approximate surface area is 97.9 Å². The highest BCUT2D eigenvalue weighted by Gasteiger charge is 2.04. The standard InChI is InChI=1S/C14H11NO2/c1-10-8-11-4-5-14(16)17-13(11)9-12(10)15-6-2-3-7-15/h2-9H,1H3. The summed E-state index contributed by atoms with van der Waals surface area (Å²) < 4.78 is 7.19. The van der Waals surface area contributed by atoms with Crippen molar-refractivity contribution in [1.82, 2.24) is 4.57 Å². The molecule has 0 spiro atoms. The highest BCUT2D eigenvalue weighted by Crippen LogP contribution is 2.21. The number of benzene rings is 1. The molecular weight excluding hydrogens is 214 g/mol. The molecule has 0 bridgehead atoms. The number of rotatable bonds is 1. The topological polar surface area (TPSA) is 35.1 Å². The summed E-state index contributed by atoms with van der Waals surface area (Å²) in [7, 11) is 0. The fourth-order valence-corrected chi connectivity index (χ4v) is 1.99. The van der Waals surface area contributed by atoms with Crippen molar-refractivity contribution in [2.24, 2.45) is 0 Å². The number of aryl methyl sites for hydroxylation is 1. The monoisotopic (exact) mass is 225 g/mol. The van der Waals surface area contributed by atoms with Crippen molar-refractivity contribution >= 4 is 11.0 Å². The first-order valence-electron chi connectivity index (χ1n) is 5.42. The average molecular weight is 225 g/mol.